The van der Waals surface area contributed by atoms with E-state index in [1.807, 2.05) is 54.6 Å². The molecule has 0 saturated heterocycles. The molecule has 0 spiro atoms. The zero-order valence-corrected chi connectivity index (χ0v) is 22.5. The molecule has 2 amide bonds. The third kappa shape index (κ3) is 6.99. The minimum absolute atomic E-state index is 0.0914. The molecule has 0 bridgehead atoms. The van der Waals surface area contributed by atoms with Crippen LogP contribution in [0.5, 0.6) is 11.5 Å². The topological polar surface area (TPSA) is 76.7 Å². The summed E-state index contributed by atoms with van der Waals surface area (Å²) in [5, 5.41) is 5.84. The monoisotopic (exact) mass is 538 g/mol. The van der Waals surface area contributed by atoms with Gasteiger partial charge in [-0.25, -0.2) is 0 Å². The Morgan fingerprint density at radius 3 is 2.22 bits per heavy atom. The summed E-state index contributed by atoms with van der Waals surface area (Å²) in [6, 6.07) is 20.5. The number of carbonyl (C=O) groups is 2. The number of nitrogens with one attached hydrogen (secondary N) is 2. The zero-order valence-electron chi connectivity index (χ0n) is 21.0. The van der Waals surface area contributed by atoms with Crippen molar-refractivity contribution in [3.8, 4) is 11.5 Å². The molecule has 194 valence electrons. The van der Waals surface area contributed by atoms with Crippen molar-refractivity contribution in [2.75, 3.05) is 24.9 Å². The fourth-order valence-electron chi connectivity index (χ4n) is 4.42. The highest BCUT2D eigenvalue weighted by atomic mass is 35.5. The summed E-state index contributed by atoms with van der Waals surface area (Å²) in [6.45, 7) is 0. The zero-order chi connectivity index (χ0) is 26.2. The molecule has 37 heavy (non-hydrogen) atoms. The van der Waals surface area contributed by atoms with Crippen molar-refractivity contribution in [2.45, 2.75) is 42.2 Å². The lowest BCUT2D eigenvalue weighted by atomic mass is 9.88. The van der Waals surface area contributed by atoms with Gasteiger partial charge in [-0.3, -0.25) is 9.59 Å². The first kappa shape index (κ1) is 26.9. The van der Waals surface area contributed by atoms with Crippen molar-refractivity contribution in [3.05, 3.63) is 77.3 Å². The molecule has 4 rings (SSSR count). The third-order valence-corrected chi connectivity index (χ3v) is 7.99. The van der Waals surface area contributed by atoms with Crippen LogP contribution in [0, 0.1) is 5.92 Å². The molecule has 2 N–H and O–H groups in total. The molecule has 0 heterocycles. The highest BCUT2D eigenvalue weighted by molar-refractivity contribution is 8.00. The predicted octanol–water partition coefficient (Wildman–Crippen LogP) is 7.35. The molecule has 8 heteroatoms. The molecule has 1 fully saturated rings. The molecule has 0 radical (unpaired) electrons. The lowest BCUT2D eigenvalue weighted by molar-refractivity contribution is -0.120. The summed E-state index contributed by atoms with van der Waals surface area (Å²) in [5.74, 6) is 0.877. The molecule has 3 aromatic carbocycles. The van der Waals surface area contributed by atoms with Crippen molar-refractivity contribution in [1.82, 2.24) is 0 Å². The molecule has 1 aliphatic rings. The number of hydrogen-bond acceptors (Lipinski definition) is 5. The summed E-state index contributed by atoms with van der Waals surface area (Å²) >= 11 is 7.73. The van der Waals surface area contributed by atoms with Crippen LogP contribution in [0.15, 0.2) is 71.6 Å². The molecule has 6 nitrogen and oxygen atoms in total. The maximum Gasteiger partial charge on any atom is 0.242 e. The third-order valence-electron chi connectivity index (χ3n) is 6.42. The van der Waals surface area contributed by atoms with E-state index in [1.165, 1.54) is 32.4 Å². The molecule has 3 aromatic rings. The summed E-state index contributed by atoms with van der Waals surface area (Å²) in [4.78, 5) is 27.0. The molecule has 1 atom stereocenters. The van der Waals surface area contributed by atoms with Gasteiger partial charge in [0.1, 0.15) is 16.7 Å². The maximum absolute atomic E-state index is 13.5. The number of halogens is 1. The number of benzene rings is 3. The minimum atomic E-state index is -0.533. The van der Waals surface area contributed by atoms with Crippen LogP contribution in [0.2, 0.25) is 5.02 Å². The van der Waals surface area contributed by atoms with Crippen molar-refractivity contribution in [3.63, 3.8) is 0 Å². The second-order valence-electron chi connectivity index (χ2n) is 8.93. The summed E-state index contributed by atoms with van der Waals surface area (Å²) in [5.41, 5.74) is 2.08. The van der Waals surface area contributed by atoms with Gasteiger partial charge in [-0.05, 0) is 48.7 Å². The van der Waals surface area contributed by atoms with Crippen LogP contribution < -0.4 is 20.1 Å². The number of methoxy groups -OCH3 is 2. The summed E-state index contributed by atoms with van der Waals surface area (Å²) in [7, 11) is 3.05. The van der Waals surface area contributed by atoms with Gasteiger partial charge >= 0.3 is 0 Å². The first-order valence-corrected chi connectivity index (χ1v) is 13.6. The smallest absolute Gasteiger partial charge is 0.242 e. The minimum Gasteiger partial charge on any atom is -0.495 e. The first-order valence-electron chi connectivity index (χ1n) is 12.3. The van der Waals surface area contributed by atoms with Crippen molar-refractivity contribution >= 4 is 46.6 Å². The van der Waals surface area contributed by atoms with Crippen LogP contribution in [0.1, 0.15) is 42.9 Å². The van der Waals surface area contributed by atoms with E-state index in [-0.39, 0.29) is 17.7 Å². The number of ether oxygens (including phenoxy) is 2. The van der Waals surface area contributed by atoms with Gasteiger partial charge in [-0.1, -0.05) is 61.2 Å². The largest absolute Gasteiger partial charge is 0.495 e. The van der Waals surface area contributed by atoms with Crippen molar-refractivity contribution in [1.29, 1.82) is 0 Å². The fraction of sp³-hybridized carbons (Fsp3) is 0.310. The van der Waals surface area contributed by atoms with E-state index in [0.29, 0.717) is 22.2 Å². The fourth-order valence-corrected chi connectivity index (χ4v) is 5.68. The van der Waals surface area contributed by atoms with Crippen LogP contribution in [0.25, 0.3) is 0 Å². The molecular formula is C29H31ClN2O4S. The highest BCUT2D eigenvalue weighted by Gasteiger charge is 2.24. The van der Waals surface area contributed by atoms with Crippen LogP contribution in [-0.2, 0) is 9.59 Å². The summed E-state index contributed by atoms with van der Waals surface area (Å²) < 4.78 is 10.7. The highest BCUT2D eigenvalue weighted by Crippen LogP contribution is 2.40. The van der Waals surface area contributed by atoms with E-state index < -0.39 is 5.25 Å². The quantitative estimate of drug-likeness (QED) is 0.278. The van der Waals surface area contributed by atoms with Gasteiger partial charge in [0, 0.05) is 22.6 Å². The van der Waals surface area contributed by atoms with Crippen molar-refractivity contribution < 1.29 is 19.1 Å². The molecular weight excluding hydrogens is 508 g/mol. The molecule has 1 aliphatic carbocycles. The Kier molecular flexibility index (Phi) is 9.36. The van der Waals surface area contributed by atoms with Crippen molar-refractivity contribution in [2.24, 2.45) is 5.92 Å². The van der Waals surface area contributed by atoms with E-state index in [1.54, 1.807) is 12.1 Å². The van der Waals surface area contributed by atoms with E-state index >= 15 is 0 Å². The number of hydrogen-bond donors (Lipinski definition) is 2. The maximum atomic E-state index is 13.5. The van der Waals surface area contributed by atoms with Crippen LogP contribution in [0.3, 0.4) is 0 Å². The number of carbonyl (C=O) groups excluding carboxylic acids is 2. The Labute approximate surface area is 227 Å². The summed E-state index contributed by atoms with van der Waals surface area (Å²) in [6.07, 6.45) is 5.36. The first-order chi connectivity index (χ1) is 18.0. The Morgan fingerprint density at radius 2 is 1.57 bits per heavy atom. The van der Waals surface area contributed by atoms with Crippen LogP contribution in [0.4, 0.5) is 11.4 Å². The Hall–Kier alpha value is -3.16. The van der Waals surface area contributed by atoms with Gasteiger partial charge in [0.2, 0.25) is 11.8 Å². The SMILES string of the molecule is COc1cc(OC)c(NC(=O)C(Sc2ccc(NC(=O)C3CCCCC3)cc2)c2ccccc2)cc1Cl. The second-order valence-corrected chi connectivity index (χ2v) is 10.5. The number of rotatable bonds is 9. The van der Waals surface area contributed by atoms with E-state index in [0.717, 1.165) is 41.8 Å². The van der Waals surface area contributed by atoms with Gasteiger partial charge < -0.3 is 20.1 Å². The van der Waals surface area contributed by atoms with E-state index in [9.17, 15) is 9.59 Å². The number of anilines is 2. The van der Waals surface area contributed by atoms with Gasteiger partial charge in [-0.2, -0.15) is 0 Å². The Balaban J connectivity index is 1.50. The number of thioether (sulfide) groups is 1. The predicted molar refractivity (Wildman–Crippen MR) is 150 cm³/mol. The lowest BCUT2D eigenvalue weighted by Crippen LogP contribution is -2.24. The Bertz CT molecular complexity index is 1210. The normalized spacial score (nSPS) is 14.5. The van der Waals surface area contributed by atoms with E-state index in [2.05, 4.69) is 10.6 Å². The molecule has 1 unspecified atom stereocenters. The van der Waals surface area contributed by atoms with Crippen LogP contribution >= 0.6 is 23.4 Å². The van der Waals surface area contributed by atoms with E-state index in [4.69, 9.17) is 21.1 Å². The molecule has 0 aromatic heterocycles. The van der Waals surface area contributed by atoms with Gasteiger partial charge in [0.05, 0.1) is 24.9 Å². The molecule has 1 saturated carbocycles. The lowest BCUT2D eigenvalue weighted by Gasteiger charge is -2.21. The standard InChI is InChI=1S/C29H31ClN2O4S/c1-35-25-18-26(36-2)24(17-23(25)30)32-29(34)27(19-9-5-3-6-10-19)37-22-15-13-21(14-16-22)31-28(33)20-11-7-4-8-12-20/h3,5-6,9-10,13-18,20,27H,4,7-8,11-12H2,1-2H3,(H,31,33)(H,32,34). The second kappa shape index (κ2) is 12.9. The Morgan fingerprint density at radius 1 is 0.892 bits per heavy atom. The van der Waals surface area contributed by atoms with Gasteiger partial charge in [-0.15, -0.1) is 11.8 Å². The van der Waals surface area contributed by atoms with Gasteiger partial charge in [0.25, 0.3) is 0 Å². The van der Waals surface area contributed by atoms with Gasteiger partial charge in [0.15, 0.2) is 0 Å². The van der Waals surface area contributed by atoms with Crippen LogP contribution in [-0.4, -0.2) is 26.0 Å². The average Bonchev–Trinajstić information content (AvgIpc) is 2.93. The molecule has 0 aliphatic heterocycles. The average molecular weight is 539 g/mol. The number of amides is 2.